The summed E-state index contributed by atoms with van der Waals surface area (Å²) in [5, 5.41) is 3.68. The number of rotatable bonds is 5. The molecular formula is C22H26ClN3O3. The lowest BCUT2D eigenvalue weighted by Crippen LogP contribution is -2.52. The van der Waals surface area contributed by atoms with Crippen molar-refractivity contribution in [3.8, 4) is 11.5 Å². The monoisotopic (exact) mass is 415 g/mol. The minimum atomic E-state index is -0.193. The van der Waals surface area contributed by atoms with Crippen LogP contribution < -0.4 is 14.8 Å². The average Bonchev–Trinajstić information content (AvgIpc) is 3.19. The van der Waals surface area contributed by atoms with Crippen LogP contribution in [-0.2, 0) is 11.3 Å². The van der Waals surface area contributed by atoms with E-state index in [0.29, 0.717) is 11.8 Å². The molecule has 0 bridgehead atoms. The maximum atomic E-state index is 12.7. The second-order valence-electron chi connectivity index (χ2n) is 7.58. The van der Waals surface area contributed by atoms with Crippen molar-refractivity contribution in [2.75, 3.05) is 38.3 Å². The number of amides is 1. The summed E-state index contributed by atoms with van der Waals surface area (Å²) in [5.74, 6) is 1.63. The Morgan fingerprint density at radius 2 is 1.90 bits per heavy atom. The van der Waals surface area contributed by atoms with Crippen molar-refractivity contribution in [2.24, 2.45) is 0 Å². The second kappa shape index (κ2) is 8.61. The van der Waals surface area contributed by atoms with E-state index in [9.17, 15) is 4.79 Å². The van der Waals surface area contributed by atoms with Crippen molar-refractivity contribution in [2.45, 2.75) is 26.4 Å². The number of fused-ring (bicyclic) bond motifs is 1. The van der Waals surface area contributed by atoms with Crippen molar-refractivity contribution in [1.29, 1.82) is 0 Å². The Kier molecular flexibility index (Phi) is 5.94. The van der Waals surface area contributed by atoms with Crippen LogP contribution in [-0.4, -0.2) is 54.7 Å². The molecule has 154 valence electrons. The third-order valence-electron chi connectivity index (χ3n) is 5.70. The quantitative estimate of drug-likeness (QED) is 0.809. The lowest BCUT2D eigenvalue weighted by atomic mass is 10.1. The SMILES string of the molecule is Cc1c(Cl)cccc1NC(=O)[C@H](C)N1CCN(Cc2ccc3c(c2)OCO3)CC1. The lowest BCUT2D eigenvalue weighted by molar-refractivity contribution is -0.121. The number of hydrogen-bond donors (Lipinski definition) is 1. The summed E-state index contributed by atoms with van der Waals surface area (Å²) in [6.07, 6.45) is 0. The molecule has 1 fully saturated rings. The molecule has 2 aliphatic rings. The van der Waals surface area contributed by atoms with Gasteiger partial charge in [-0.3, -0.25) is 14.6 Å². The summed E-state index contributed by atoms with van der Waals surface area (Å²) in [6.45, 7) is 8.59. The van der Waals surface area contributed by atoms with Gasteiger partial charge in [0, 0.05) is 43.4 Å². The zero-order valence-electron chi connectivity index (χ0n) is 16.8. The van der Waals surface area contributed by atoms with Crippen molar-refractivity contribution in [3.63, 3.8) is 0 Å². The van der Waals surface area contributed by atoms with Crippen LogP contribution in [0.25, 0.3) is 0 Å². The summed E-state index contributed by atoms with van der Waals surface area (Å²) in [6, 6.07) is 11.5. The Balaban J connectivity index is 1.29. The van der Waals surface area contributed by atoms with Gasteiger partial charge in [0.25, 0.3) is 0 Å². The zero-order chi connectivity index (χ0) is 20.4. The van der Waals surface area contributed by atoms with Gasteiger partial charge in [0.2, 0.25) is 12.7 Å². The number of anilines is 1. The number of hydrogen-bond acceptors (Lipinski definition) is 5. The van der Waals surface area contributed by atoms with E-state index in [-0.39, 0.29) is 11.9 Å². The molecule has 0 spiro atoms. The molecule has 1 N–H and O–H groups in total. The lowest BCUT2D eigenvalue weighted by Gasteiger charge is -2.37. The van der Waals surface area contributed by atoms with Crippen LogP contribution in [0, 0.1) is 6.92 Å². The van der Waals surface area contributed by atoms with E-state index in [1.165, 1.54) is 5.56 Å². The highest BCUT2D eigenvalue weighted by atomic mass is 35.5. The molecule has 4 rings (SSSR count). The van der Waals surface area contributed by atoms with Gasteiger partial charge in [-0.15, -0.1) is 0 Å². The second-order valence-corrected chi connectivity index (χ2v) is 7.98. The summed E-state index contributed by atoms with van der Waals surface area (Å²) < 4.78 is 10.8. The minimum Gasteiger partial charge on any atom is -0.454 e. The van der Waals surface area contributed by atoms with Gasteiger partial charge in [-0.2, -0.15) is 0 Å². The van der Waals surface area contributed by atoms with E-state index in [1.807, 2.05) is 38.1 Å². The van der Waals surface area contributed by atoms with Gasteiger partial charge < -0.3 is 14.8 Å². The fourth-order valence-electron chi connectivity index (χ4n) is 3.75. The molecule has 0 saturated carbocycles. The molecule has 0 aromatic heterocycles. The van der Waals surface area contributed by atoms with Gasteiger partial charge >= 0.3 is 0 Å². The normalized spacial score (nSPS) is 17.9. The summed E-state index contributed by atoms with van der Waals surface area (Å²) in [4.78, 5) is 17.4. The Morgan fingerprint density at radius 3 is 2.69 bits per heavy atom. The molecule has 2 aromatic rings. The summed E-state index contributed by atoms with van der Waals surface area (Å²) >= 11 is 6.16. The number of halogens is 1. The standard InChI is InChI=1S/C22H26ClN3O3/c1-15-18(23)4-3-5-19(15)24-22(27)16(2)26-10-8-25(9-11-26)13-17-6-7-20-21(12-17)29-14-28-20/h3-7,12,16H,8-11,13-14H2,1-2H3,(H,24,27)/t16-/m0/s1. The van der Waals surface area contributed by atoms with Crippen LogP contribution in [0.5, 0.6) is 11.5 Å². The van der Waals surface area contributed by atoms with Crippen molar-refractivity contribution >= 4 is 23.2 Å². The highest BCUT2D eigenvalue weighted by Crippen LogP contribution is 2.33. The van der Waals surface area contributed by atoms with Crippen LogP contribution in [0.3, 0.4) is 0 Å². The predicted octanol–water partition coefficient (Wildman–Crippen LogP) is 3.52. The van der Waals surface area contributed by atoms with Gasteiger partial charge in [-0.1, -0.05) is 23.7 Å². The maximum absolute atomic E-state index is 12.7. The first-order valence-corrected chi connectivity index (χ1v) is 10.3. The third-order valence-corrected chi connectivity index (χ3v) is 6.11. The molecule has 2 aliphatic heterocycles. The highest BCUT2D eigenvalue weighted by Gasteiger charge is 2.26. The molecule has 0 aliphatic carbocycles. The molecule has 2 heterocycles. The Hall–Kier alpha value is -2.28. The molecular weight excluding hydrogens is 390 g/mol. The van der Waals surface area contributed by atoms with Crippen LogP contribution in [0.1, 0.15) is 18.1 Å². The van der Waals surface area contributed by atoms with Crippen molar-refractivity contribution in [1.82, 2.24) is 9.80 Å². The number of benzene rings is 2. The molecule has 6 nitrogen and oxygen atoms in total. The number of nitrogens with one attached hydrogen (secondary N) is 1. The van der Waals surface area contributed by atoms with E-state index < -0.39 is 0 Å². The fourth-order valence-corrected chi connectivity index (χ4v) is 3.93. The van der Waals surface area contributed by atoms with Crippen LogP contribution in [0.4, 0.5) is 5.69 Å². The minimum absolute atomic E-state index is 0.000382. The van der Waals surface area contributed by atoms with Crippen LogP contribution in [0.15, 0.2) is 36.4 Å². The Labute approximate surface area is 176 Å². The number of piperazine rings is 1. The molecule has 2 aromatic carbocycles. The van der Waals surface area contributed by atoms with Gasteiger partial charge in [-0.25, -0.2) is 0 Å². The van der Waals surface area contributed by atoms with E-state index in [0.717, 1.165) is 55.5 Å². The Morgan fingerprint density at radius 1 is 1.14 bits per heavy atom. The first kappa shape index (κ1) is 20.0. The van der Waals surface area contributed by atoms with E-state index in [2.05, 4.69) is 27.2 Å². The number of carbonyl (C=O) groups is 1. The molecule has 29 heavy (non-hydrogen) atoms. The number of nitrogens with zero attached hydrogens (tertiary/aromatic N) is 2. The third kappa shape index (κ3) is 4.50. The number of carbonyl (C=O) groups excluding carboxylic acids is 1. The molecule has 0 unspecified atom stereocenters. The topological polar surface area (TPSA) is 54.0 Å². The van der Waals surface area contributed by atoms with Crippen molar-refractivity contribution in [3.05, 3.63) is 52.5 Å². The highest BCUT2D eigenvalue weighted by molar-refractivity contribution is 6.31. The number of ether oxygens (including phenoxy) is 2. The smallest absolute Gasteiger partial charge is 0.241 e. The molecule has 0 radical (unpaired) electrons. The van der Waals surface area contributed by atoms with E-state index >= 15 is 0 Å². The van der Waals surface area contributed by atoms with Gasteiger partial charge in [0.05, 0.1) is 6.04 Å². The van der Waals surface area contributed by atoms with Gasteiger partial charge in [0.1, 0.15) is 0 Å². The molecule has 1 atom stereocenters. The van der Waals surface area contributed by atoms with Crippen molar-refractivity contribution < 1.29 is 14.3 Å². The molecule has 1 saturated heterocycles. The largest absolute Gasteiger partial charge is 0.454 e. The van der Waals surface area contributed by atoms with Gasteiger partial charge in [-0.05, 0) is 49.2 Å². The van der Waals surface area contributed by atoms with E-state index in [1.54, 1.807) is 0 Å². The van der Waals surface area contributed by atoms with Crippen LogP contribution >= 0.6 is 11.6 Å². The summed E-state index contributed by atoms with van der Waals surface area (Å²) in [5.41, 5.74) is 2.88. The Bertz CT molecular complexity index is 897. The predicted molar refractivity (Wildman–Crippen MR) is 114 cm³/mol. The summed E-state index contributed by atoms with van der Waals surface area (Å²) in [7, 11) is 0. The average molecular weight is 416 g/mol. The first-order valence-electron chi connectivity index (χ1n) is 9.92. The van der Waals surface area contributed by atoms with Gasteiger partial charge in [0.15, 0.2) is 11.5 Å². The molecule has 7 heteroatoms. The van der Waals surface area contributed by atoms with Crippen LogP contribution in [0.2, 0.25) is 5.02 Å². The van der Waals surface area contributed by atoms with E-state index in [4.69, 9.17) is 21.1 Å². The fraction of sp³-hybridized carbons (Fsp3) is 0.409. The molecule has 1 amide bonds. The zero-order valence-corrected chi connectivity index (χ0v) is 17.5. The maximum Gasteiger partial charge on any atom is 0.241 e. The first-order chi connectivity index (χ1) is 14.0.